The first-order chi connectivity index (χ1) is 11.2. The summed E-state index contributed by atoms with van der Waals surface area (Å²) in [6.45, 7) is 0. The van der Waals surface area contributed by atoms with Crippen molar-refractivity contribution in [1.82, 2.24) is 5.32 Å². The zero-order chi connectivity index (χ0) is 16.2. The molecule has 3 rings (SSSR count). The molecule has 0 saturated heterocycles. The molecule has 1 atom stereocenters. The number of ether oxygens (including phenoxy) is 1. The highest BCUT2D eigenvalue weighted by molar-refractivity contribution is 5.96. The molecule has 0 spiro atoms. The van der Waals surface area contributed by atoms with Crippen LogP contribution >= 0.6 is 0 Å². The largest absolute Gasteiger partial charge is 0.465 e. The number of amides is 1. The number of methoxy groups -OCH3 is 1. The minimum atomic E-state index is -0.405. The van der Waals surface area contributed by atoms with Gasteiger partial charge in [-0.25, -0.2) is 4.79 Å². The summed E-state index contributed by atoms with van der Waals surface area (Å²) in [4.78, 5) is 23.9. The maximum Gasteiger partial charge on any atom is 0.337 e. The van der Waals surface area contributed by atoms with Gasteiger partial charge in [-0.15, -0.1) is 0 Å². The Morgan fingerprint density at radius 2 is 1.61 bits per heavy atom. The van der Waals surface area contributed by atoms with Gasteiger partial charge in [0.15, 0.2) is 0 Å². The molecule has 1 saturated carbocycles. The molecule has 0 bridgehead atoms. The van der Waals surface area contributed by atoms with Crippen molar-refractivity contribution in [3.05, 3.63) is 71.3 Å². The third kappa shape index (κ3) is 3.59. The van der Waals surface area contributed by atoms with Crippen LogP contribution in [0.5, 0.6) is 0 Å². The highest BCUT2D eigenvalue weighted by Crippen LogP contribution is 2.41. The van der Waals surface area contributed by atoms with Crippen molar-refractivity contribution >= 4 is 11.9 Å². The van der Waals surface area contributed by atoms with Gasteiger partial charge in [-0.2, -0.15) is 0 Å². The highest BCUT2D eigenvalue weighted by atomic mass is 16.5. The third-order valence-corrected chi connectivity index (χ3v) is 4.11. The molecule has 118 valence electrons. The Labute approximate surface area is 135 Å². The molecule has 23 heavy (non-hydrogen) atoms. The summed E-state index contributed by atoms with van der Waals surface area (Å²) < 4.78 is 4.66. The van der Waals surface area contributed by atoms with Gasteiger partial charge in [-0.05, 0) is 48.6 Å². The fourth-order valence-corrected chi connectivity index (χ4v) is 2.66. The zero-order valence-corrected chi connectivity index (χ0v) is 13.0. The lowest BCUT2D eigenvalue weighted by molar-refractivity contribution is 0.0600. The van der Waals surface area contributed by atoms with Crippen molar-refractivity contribution in [2.75, 3.05) is 7.11 Å². The first-order valence-corrected chi connectivity index (χ1v) is 7.73. The average molecular weight is 309 g/mol. The fraction of sp³-hybridized carbons (Fsp3) is 0.263. The van der Waals surface area contributed by atoms with Crippen LogP contribution in [0, 0.1) is 5.92 Å². The van der Waals surface area contributed by atoms with Crippen molar-refractivity contribution in [2.45, 2.75) is 18.9 Å². The normalized spacial score (nSPS) is 14.8. The molecule has 4 heteroatoms. The number of esters is 1. The van der Waals surface area contributed by atoms with E-state index in [0.717, 1.165) is 18.4 Å². The number of hydrogen-bond donors (Lipinski definition) is 1. The maximum absolute atomic E-state index is 12.5. The van der Waals surface area contributed by atoms with Gasteiger partial charge in [-0.3, -0.25) is 4.79 Å². The molecular formula is C19H19NO3. The lowest BCUT2D eigenvalue weighted by Gasteiger charge is -2.19. The van der Waals surface area contributed by atoms with Gasteiger partial charge >= 0.3 is 5.97 Å². The van der Waals surface area contributed by atoms with Crippen LogP contribution in [0.1, 0.15) is 45.2 Å². The fourth-order valence-electron chi connectivity index (χ4n) is 2.66. The van der Waals surface area contributed by atoms with E-state index >= 15 is 0 Å². The molecule has 0 aromatic heterocycles. The summed E-state index contributed by atoms with van der Waals surface area (Å²) in [7, 11) is 1.34. The van der Waals surface area contributed by atoms with E-state index < -0.39 is 5.97 Å². The van der Waals surface area contributed by atoms with E-state index in [-0.39, 0.29) is 11.9 Å². The van der Waals surface area contributed by atoms with E-state index in [2.05, 4.69) is 10.1 Å². The maximum atomic E-state index is 12.5. The average Bonchev–Trinajstić information content (AvgIpc) is 3.44. The Bertz CT molecular complexity index is 690. The molecule has 0 radical (unpaired) electrons. The van der Waals surface area contributed by atoms with Gasteiger partial charge in [0.2, 0.25) is 0 Å². The lowest BCUT2D eigenvalue weighted by atomic mass is 10.0. The zero-order valence-electron chi connectivity index (χ0n) is 13.0. The highest BCUT2D eigenvalue weighted by Gasteiger charge is 2.33. The van der Waals surface area contributed by atoms with Crippen molar-refractivity contribution < 1.29 is 14.3 Å². The van der Waals surface area contributed by atoms with Gasteiger partial charge < -0.3 is 10.1 Å². The summed E-state index contributed by atoms with van der Waals surface area (Å²) in [5.74, 6) is -0.0186. The second-order valence-corrected chi connectivity index (χ2v) is 5.77. The number of hydrogen-bond acceptors (Lipinski definition) is 3. The second kappa shape index (κ2) is 6.65. The Hall–Kier alpha value is -2.62. The molecule has 1 aliphatic rings. The van der Waals surface area contributed by atoms with Crippen LogP contribution in [0.4, 0.5) is 0 Å². The van der Waals surface area contributed by atoms with Crippen LogP contribution < -0.4 is 5.32 Å². The molecule has 1 fully saturated rings. The van der Waals surface area contributed by atoms with Crippen molar-refractivity contribution in [3.63, 3.8) is 0 Å². The van der Waals surface area contributed by atoms with E-state index in [1.54, 1.807) is 24.3 Å². The van der Waals surface area contributed by atoms with Gasteiger partial charge in [0.05, 0.1) is 18.7 Å². The summed E-state index contributed by atoms with van der Waals surface area (Å²) in [6, 6.07) is 16.6. The summed E-state index contributed by atoms with van der Waals surface area (Å²) >= 11 is 0. The monoisotopic (exact) mass is 309 g/mol. The topological polar surface area (TPSA) is 55.4 Å². The molecule has 0 unspecified atom stereocenters. The second-order valence-electron chi connectivity index (χ2n) is 5.77. The molecule has 2 aromatic rings. The van der Waals surface area contributed by atoms with Crippen molar-refractivity contribution in [2.24, 2.45) is 5.92 Å². The molecule has 1 aliphatic carbocycles. The SMILES string of the molecule is COC(=O)c1ccc(C(=O)N[C@@H](c2ccccc2)C2CC2)cc1. The van der Waals surface area contributed by atoms with Gasteiger partial charge in [0, 0.05) is 5.56 Å². The van der Waals surface area contributed by atoms with E-state index in [4.69, 9.17) is 0 Å². The Morgan fingerprint density at radius 3 is 2.17 bits per heavy atom. The van der Waals surface area contributed by atoms with Crippen LogP contribution in [0.15, 0.2) is 54.6 Å². The molecule has 4 nitrogen and oxygen atoms in total. The smallest absolute Gasteiger partial charge is 0.337 e. The van der Waals surface area contributed by atoms with Gasteiger partial charge in [0.1, 0.15) is 0 Å². The minimum absolute atomic E-state index is 0.0454. The first-order valence-electron chi connectivity index (χ1n) is 7.73. The predicted molar refractivity (Wildman–Crippen MR) is 87.2 cm³/mol. The number of benzene rings is 2. The summed E-state index contributed by atoms with van der Waals surface area (Å²) in [5.41, 5.74) is 2.11. The number of rotatable bonds is 5. The Kier molecular flexibility index (Phi) is 4.42. The molecule has 1 N–H and O–H groups in total. The summed E-state index contributed by atoms with van der Waals surface area (Å²) in [5, 5.41) is 3.12. The van der Waals surface area contributed by atoms with E-state index in [1.165, 1.54) is 7.11 Å². The molecule has 0 aliphatic heterocycles. The quantitative estimate of drug-likeness (QED) is 0.862. The predicted octanol–water partition coefficient (Wildman–Crippen LogP) is 3.35. The third-order valence-electron chi connectivity index (χ3n) is 4.11. The molecule has 0 heterocycles. The molecule has 2 aromatic carbocycles. The first kappa shape index (κ1) is 15.3. The summed E-state index contributed by atoms with van der Waals surface area (Å²) in [6.07, 6.45) is 2.28. The standard InChI is InChI=1S/C19H19NO3/c1-23-19(22)16-11-9-15(10-12-16)18(21)20-17(14-7-8-14)13-5-3-2-4-6-13/h2-6,9-12,14,17H,7-8H2,1H3,(H,20,21)/t17-/m0/s1. The van der Waals surface area contributed by atoms with Gasteiger partial charge in [0.25, 0.3) is 5.91 Å². The Morgan fingerprint density at radius 1 is 1.00 bits per heavy atom. The van der Waals surface area contributed by atoms with Crippen molar-refractivity contribution in [1.29, 1.82) is 0 Å². The van der Waals surface area contributed by atoms with Gasteiger partial charge in [-0.1, -0.05) is 30.3 Å². The van der Waals surface area contributed by atoms with Crippen LogP contribution in [-0.4, -0.2) is 19.0 Å². The van der Waals surface area contributed by atoms with Crippen LogP contribution in [-0.2, 0) is 4.74 Å². The molecule has 1 amide bonds. The van der Waals surface area contributed by atoms with Crippen LogP contribution in [0.2, 0.25) is 0 Å². The van der Waals surface area contributed by atoms with E-state index in [1.807, 2.05) is 30.3 Å². The van der Waals surface area contributed by atoms with Crippen LogP contribution in [0.25, 0.3) is 0 Å². The molecular weight excluding hydrogens is 290 g/mol. The number of nitrogens with one attached hydrogen (secondary N) is 1. The van der Waals surface area contributed by atoms with E-state index in [9.17, 15) is 9.59 Å². The Balaban J connectivity index is 1.73. The van der Waals surface area contributed by atoms with E-state index in [0.29, 0.717) is 17.0 Å². The van der Waals surface area contributed by atoms with Crippen molar-refractivity contribution in [3.8, 4) is 0 Å². The lowest BCUT2D eigenvalue weighted by Crippen LogP contribution is -2.29. The number of carbonyl (C=O) groups is 2. The number of carbonyl (C=O) groups excluding carboxylic acids is 2. The van der Waals surface area contributed by atoms with Crippen LogP contribution in [0.3, 0.4) is 0 Å². The minimum Gasteiger partial charge on any atom is -0.465 e.